The van der Waals surface area contributed by atoms with Gasteiger partial charge in [0.25, 0.3) is 23.4 Å². The van der Waals surface area contributed by atoms with Crippen molar-refractivity contribution in [1.29, 1.82) is 0 Å². The van der Waals surface area contributed by atoms with Crippen LogP contribution in [0.5, 0.6) is 5.75 Å². The van der Waals surface area contributed by atoms with Gasteiger partial charge >= 0.3 is 0 Å². The van der Waals surface area contributed by atoms with Crippen molar-refractivity contribution >= 4 is 29.1 Å². The van der Waals surface area contributed by atoms with Crippen molar-refractivity contribution in [3.63, 3.8) is 0 Å². The molecule has 0 saturated heterocycles. The second-order valence-electron chi connectivity index (χ2n) is 6.47. The fourth-order valence-electron chi connectivity index (χ4n) is 2.64. The number of nitro groups is 1. The monoisotopic (exact) mass is 434 g/mol. The SMILES string of the molecule is COc1ccc(C(=O)NNC(=O)c2ccc(NC(=O)c3ccc([N+](=O)[O-])cc3)cc2)cc1. The lowest BCUT2D eigenvalue weighted by Crippen LogP contribution is -2.41. The molecule has 0 aliphatic heterocycles. The van der Waals surface area contributed by atoms with E-state index in [0.29, 0.717) is 17.0 Å². The average Bonchev–Trinajstić information content (AvgIpc) is 2.82. The molecule has 0 aliphatic rings. The van der Waals surface area contributed by atoms with E-state index < -0.39 is 22.6 Å². The highest BCUT2D eigenvalue weighted by Crippen LogP contribution is 2.15. The smallest absolute Gasteiger partial charge is 0.269 e. The van der Waals surface area contributed by atoms with Gasteiger partial charge in [-0.25, -0.2) is 0 Å². The average molecular weight is 434 g/mol. The maximum absolute atomic E-state index is 12.3. The summed E-state index contributed by atoms with van der Waals surface area (Å²) in [5.41, 5.74) is 5.79. The molecule has 0 radical (unpaired) electrons. The first-order valence-corrected chi connectivity index (χ1v) is 9.28. The lowest BCUT2D eigenvalue weighted by molar-refractivity contribution is -0.384. The van der Waals surface area contributed by atoms with E-state index in [0.717, 1.165) is 0 Å². The van der Waals surface area contributed by atoms with E-state index >= 15 is 0 Å². The number of ether oxygens (including phenoxy) is 1. The summed E-state index contributed by atoms with van der Waals surface area (Å²) in [6.45, 7) is 0. The molecule has 3 amide bonds. The van der Waals surface area contributed by atoms with Crippen LogP contribution in [0.25, 0.3) is 0 Å². The molecule has 0 aromatic heterocycles. The van der Waals surface area contributed by atoms with Gasteiger partial charge in [0.05, 0.1) is 12.0 Å². The normalized spacial score (nSPS) is 10.0. The number of hydrazine groups is 1. The van der Waals surface area contributed by atoms with Crippen LogP contribution in [0.3, 0.4) is 0 Å². The van der Waals surface area contributed by atoms with E-state index in [1.165, 1.54) is 55.6 Å². The first kappa shape index (κ1) is 22.0. The maximum Gasteiger partial charge on any atom is 0.269 e. The molecule has 3 N–H and O–H groups in total. The van der Waals surface area contributed by atoms with Crippen LogP contribution in [0.2, 0.25) is 0 Å². The van der Waals surface area contributed by atoms with Crippen LogP contribution in [0, 0.1) is 10.1 Å². The van der Waals surface area contributed by atoms with E-state index in [4.69, 9.17) is 4.74 Å². The Morgan fingerprint density at radius 2 is 1.16 bits per heavy atom. The van der Waals surface area contributed by atoms with Gasteiger partial charge in [0.1, 0.15) is 5.75 Å². The van der Waals surface area contributed by atoms with Crippen molar-refractivity contribution in [1.82, 2.24) is 10.9 Å². The van der Waals surface area contributed by atoms with E-state index in [1.807, 2.05) is 0 Å². The van der Waals surface area contributed by atoms with E-state index in [2.05, 4.69) is 16.2 Å². The van der Waals surface area contributed by atoms with Crippen molar-refractivity contribution in [2.24, 2.45) is 0 Å². The summed E-state index contributed by atoms with van der Waals surface area (Å²) in [6.07, 6.45) is 0. The number of rotatable bonds is 6. The number of nitro benzene ring substituents is 1. The Kier molecular flexibility index (Phi) is 6.76. The number of carbonyl (C=O) groups is 3. The zero-order valence-electron chi connectivity index (χ0n) is 16.8. The van der Waals surface area contributed by atoms with Crippen LogP contribution in [0.15, 0.2) is 72.8 Å². The van der Waals surface area contributed by atoms with Crippen LogP contribution >= 0.6 is 0 Å². The predicted molar refractivity (Wildman–Crippen MR) is 115 cm³/mol. The second kappa shape index (κ2) is 9.85. The summed E-state index contributed by atoms with van der Waals surface area (Å²) < 4.78 is 5.02. The Hall–Kier alpha value is -4.73. The molecule has 10 nitrogen and oxygen atoms in total. The Labute approximate surface area is 182 Å². The lowest BCUT2D eigenvalue weighted by atomic mass is 10.1. The van der Waals surface area contributed by atoms with Crippen molar-refractivity contribution in [3.8, 4) is 5.75 Å². The first-order valence-electron chi connectivity index (χ1n) is 9.28. The summed E-state index contributed by atoms with van der Waals surface area (Å²) in [5.74, 6) is -0.886. The largest absolute Gasteiger partial charge is 0.497 e. The van der Waals surface area contributed by atoms with Gasteiger partial charge in [-0.3, -0.25) is 35.3 Å². The maximum atomic E-state index is 12.3. The molecule has 0 atom stereocenters. The molecule has 3 aromatic rings. The molecule has 0 heterocycles. The van der Waals surface area contributed by atoms with Crippen LogP contribution < -0.4 is 20.9 Å². The minimum Gasteiger partial charge on any atom is -0.497 e. The zero-order valence-corrected chi connectivity index (χ0v) is 16.8. The van der Waals surface area contributed by atoms with Gasteiger partial charge in [-0.1, -0.05) is 0 Å². The Morgan fingerprint density at radius 1 is 0.719 bits per heavy atom. The third-order valence-electron chi connectivity index (χ3n) is 4.39. The minimum atomic E-state index is -0.551. The standard InChI is InChI=1S/C22H18N4O6/c1-32-19-12-6-16(7-13-19)22(29)25-24-21(28)15-2-8-17(9-3-15)23-20(27)14-4-10-18(11-5-14)26(30)31/h2-13H,1H3,(H,23,27)(H,24,28)(H,25,29). The number of hydrogen-bond acceptors (Lipinski definition) is 6. The molecule has 3 aromatic carbocycles. The molecular formula is C22H18N4O6. The highest BCUT2D eigenvalue weighted by atomic mass is 16.6. The Morgan fingerprint density at radius 3 is 1.62 bits per heavy atom. The Balaban J connectivity index is 1.54. The third kappa shape index (κ3) is 5.45. The molecule has 0 fully saturated rings. The van der Waals surface area contributed by atoms with Crippen molar-refractivity contribution in [2.45, 2.75) is 0 Å². The number of nitrogens with zero attached hydrogens (tertiary/aromatic N) is 1. The van der Waals surface area contributed by atoms with Gasteiger partial charge in [0.2, 0.25) is 0 Å². The molecule has 0 unspecified atom stereocenters. The van der Waals surface area contributed by atoms with Crippen molar-refractivity contribution in [3.05, 3.63) is 99.6 Å². The number of nitrogens with one attached hydrogen (secondary N) is 3. The number of benzene rings is 3. The van der Waals surface area contributed by atoms with Gasteiger partial charge in [0.15, 0.2) is 0 Å². The predicted octanol–water partition coefficient (Wildman–Crippen LogP) is 2.93. The summed E-state index contributed by atoms with van der Waals surface area (Å²) in [5, 5.41) is 13.3. The summed E-state index contributed by atoms with van der Waals surface area (Å²) in [7, 11) is 1.52. The van der Waals surface area contributed by atoms with Crippen molar-refractivity contribution < 1.29 is 24.0 Å². The van der Waals surface area contributed by atoms with E-state index in [-0.39, 0.29) is 16.8 Å². The highest BCUT2D eigenvalue weighted by molar-refractivity contribution is 6.05. The van der Waals surface area contributed by atoms with Gasteiger partial charge in [-0.05, 0) is 60.7 Å². The second-order valence-corrected chi connectivity index (χ2v) is 6.47. The molecular weight excluding hydrogens is 416 g/mol. The minimum absolute atomic E-state index is 0.115. The van der Waals surface area contributed by atoms with Gasteiger partial charge in [-0.15, -0.1) is 0 Å². The Bertz CT molecular complexity index is 1140. The molecule has 3 rings (SSSR count). The van der Waals surface area contributed by atoms with Gasteiger partial charge in [-0.2, -0.15) is 0 Å². The third-order valence-corrected chi connectivity index (χ3v) is 4.39. The van der Waals surface area contributed by atoms with Crippen LogP contribution in [0.1, 0.15) is 31.1 Å². The lowest BCUT2D eigenvalue weighted by Gasteiger charge is -2.09. The zero-order chi connectivity index (χ0) is 23.1. The fourth-order valence-corrected chi connectivity index (χ4v) is 2.64. The van der Waals surface area contributed by atoms with Crippen LogP contribution in [0.4, 0.5) is 11.4 Å². The van der Waals surface area contributed by atoms with Gasteiger partial charge < -0.3 is 10.1 Å². The number of carbonyl (C=O) groups excluding carboxylic acids is 3. The van der Waals surface area contributed by atoms with E-state index in [9.17, 15) is 24.5 Å². The summed E-state index contributed by atoms with van der Waals surface area (Å²) in [4.78, 5) is 46.7. The fraction of sp³-hybridized carbons (Fsp3) is 0.0455. The topological polar surface area (TPSA) is 140 Å². The molecule has 0 aliphatic carbocycles. The van der Waals surface area contributed by atoms with Crippen LogP contribution in [-0.2, 0) is 0 Å². The summed E-state index contributed by atoms with van der Waals surface area (Å²) >= 11 is 0. The molecule has 0 bridgehead atoms. The molecule has 0 saturated carbocycles. The molecule has 32 heavy (non-hydrogen) atoms. The molecule has 0 spiro atoms. The number of amides is 3. The van der Waals surface area contributed by atoms with Crippen molar-refractivity contribution in [2.75, 3.05) is 12.4 Å². The highest BCUT2D eigenvalue weighted by Gasteiger charge is 2.12. The van der Waals surface area contributed by atoms with Crippen LogP contribution in [-0.4, -0.2) is 29.8 Å². The van der Waals surface area contributed by atoms with Gasteiger partial charge in [0, 0.05) is 34.5 Å². The number of anilines is 1. The van der Waals surface area contributed by atoms with E-state index in [1.54, 1.807) is 24.3 Å². The molecule has 10 heteroatoms. The first-order chi connectivity index (χ1) is 15.4. The number of hydrogen-bond donors (Lipinski definition) is 3. The number of non-ortho nitro benzene ring substituents is 1. The quantitative estimate of drug-likeness (QED) is 0.403. The molecule has 162 valence electrons. The number of methoxy groups -OCH3 is 1. The summed E-state index contributed by atoms with van der Waals surface area (Å²) in [6, 6.07) is 17.5.